The highest BCUT2D eigenvalue weighted by Crippen LogP contribution is 2.06. The van der Waals surface area contributed by atoms with E-state index < -0.39 is 0 Å². The van der Waals surface area contributed by atoms with Crippen molar-refractivity contribution in [3.05, 3.63) is 42.2 Å². The molecule has 1 aromatic rings. The first-order chi connectivity index (χ1) is 9.94. The highest BCUT2D eigenvalue weighted by molar-refractivity contribution is 5.11. The van der Waals surface area contributed by atoms with Gasteiger partial charge in [0.2, 0.25) is 0 Å². The third kappa shape index (κ3) is 7.95. The van der Waals surface area contributed by atoms with Crippen LogP contribution in [0.15, 0.2) is 30.9 Å². The number of nitrogens with zero attached hydrogens (tertiary/aromatic N) is 2. The zero-order chi connectivity index (χ0) is 15.7. The van der Waals surface area contributed by atoms with Crippen LogP contribution in [0.1, 0.15) is 32.2 Å². The van der Waals surface area contributed by atoms with Crippen molar-refractivity contribution in [3.63, 3.8) is 0 Å². The molecule has 21 heavy (non-hydrogen) atoms. The number of hydrogen-bond donors (Lipinski definition) is 1. The molecule has 0 aromatic carbocycles. The monoisotopic (exact) mass is 291 g/mol. The van der Waals surface area contributed by atoms with E-state index in [2.05, 4.69) is 55.8 Å². The van der Waals surface area contributed by atoms with Gasteiger partial charge in [-0.25, -0.2) is 0 Å². The molecule has 0 aliphatic carbocycles. The Labute approximate surface area is 129 Å². The number of aromatic nitrogens is 1. The Hall–Kier alpha value is -1.23. The van der Waals surface area contributed by atoms with E-state index in [0.717, 1.165) is 44.2 Å². The first kappa shape index (κ1) is 17.8. The number of rotatable bonds is 9. The summed E-state index contributed by atoms with van der Waals surface area (Å²) >= 11 is 0. The Morgan fingerprint density at radius 1 is 1.33 bits per heavy atom. The van der Waals surface area contributed by atoms with Crippen LogP contribution in [0.2, 0.25) is 0 Å². The average molecular weight is 291 g/mol. The summed E-state index contributed by atoms with van der Waals surface area (Å²) in [7, 11) is 1.73. The summed E-state index contributed by atoms with van der Waals surface area (Å²) in [5, 5.41) is 3.47. The van der Waals surface area contributed by atoms with Gasteiger partial charge in [0.05, 0.1) is 18.0 Å². The van der Waals surface area contributed by atoms with Crippen molar-refractivity contribution in [2.45, 2.75) is 39.4 Å². The molecule has 0 amide bonds. The van der Waals surface area contributed by atoms with Gasteiger partial charge in [0.25, 0.3) is 0 Å². The van der Waals surface area contributed by atoms with E-state index in [-0.39, 0.29) is 5.54 Å². The van der Waals surface area contributed by atoms with Crippen molar-refractivity contribution in [1.29, 1.82) is 0 Å². The lowest BCUT2D eigenvalue weighted by atomic mass is 10.1. The molecule has 0 spiro atoms. The molecule has 0 atom stereocenters. The zero-order valence-electron chi connectivity index (χ0n) is 13.9. The van der Waals surface area contributed by atoms with Gasteiger partial charge >= 0.3 is 0 Å². The maximum absolute atomic E-state index is 5.15. The molecule has 4 heteroatoms. The highest BCUT2D eigenvalue weighted by Gasteiger charge is 2.10. The summed E-state index contributed by atoms with van der Waals surface area (Å²) in [5.74, 6) is 0. The van der Waals surface area contributed by atoms with Gasteiger partial charge in [-0.1, -0.05) is 12.1 Å². The Balaban J connectivity index is 2.62. The number of ether oxygens (including phenoxy) is 1. The lowest BCUT2D eigenvalue weighted by Gasteiger charge is -2.21. The van der Waals surface area contributed by atoms with Crippen molar-refractivity contribution >= 4 is 0 Å². The summed E-state index contributed by atoms with van der Waals surface area (Å²) in [6.45, 7) is 14.3. The summed E-state index contributed by atoms with van der Waals surface area (Å²) in [6, 6.07) is 6.21. The number of methoxy groups -OCH3 is 1. The average Bonchev–Trinajstić information content (AvgIpc) is 2.42. The normalized spacial score (nSPS) is 11.9. The van der Waals surface area contributed by atoms with Crippen LogP contribution >= 0.6 is 0 Å². The molecule has 118 valence electrons. The van der Waals surface area contributed by atoms with Crippen LogP contribution in [0.4, 0.5) is 0 Å². The number of hydrogen-bond acceptors (Lipinski definition) is 4. The topological polar surface area (TPSA) is 37.4 Å². The van der Waals surface area contributed by atoms with E-state index in [4.69, 9.17) is 9.72 Å². The van der Waals surface area contributed by atoms with Crippen LogP contribution in [-0.2, 0) is 17.8 Å². The molecule has 4 nitrogen and oxygen atoms in total. The number of pyridine rings is 1. The molecular formula is C17H29N3O. The van der Waals surface area contributed by atoms with Crippen LogP contribution in [0, 0.1) is 0 Å². The van der Waals surface area contributed by atoms with Crippen molar-refractivity contribution in [3.8, 4) is 0 Å². The molecule has 0 radical (unpaired) electrons. The van der Waals surface area contributed by atoms with Crippen LogP contribution < -0.4 is 5.32 Å². The number of nitrogens with one attached hydrogen (secondary N) is 1. The largest absolute Gasteiger partial charge is 0.383 e. The lowest BCUT2D eigenvalue weighted by molar-refractivity contribution is 0.150. The van der Waals surface area contributed by atoms with Gasteiger partial charge in [-0.2, -0.15) is 0 Å². The van der Waals surface area contributed by atoms with Crippen molar-refractivity contribution in [2.75, 3.05) is 26.8 Å². The first-order valence-electron chi connectivity index (χ1n) is 7.46. The SMILES string of the molecule is C=CCN(CCOC)Cc1cccc(CNC(C)(C)C)n1. The Bertz CT molecular complexity index is 426. The maximum atomic E-state index is 5.15. The molecule has 1 rings (SSSR count). The van der Waals surface area contributed by atoms with E-state index in [1.54, 1.807) is 7.11 Å². The van der Waals surface area contributed by atoms with Gasteiger partial charge in [0.1, 0.15) is 0 Å². The van der Waals surface area contributed by atoms with Gasteiger partial charge < -0.3 is 10.1 Å². The lowest BCUT2D eigenvalue weighted by Crippen LogP contribution is -2.35. The van der Waals surface area contributed by atoms with Crippen molar-refractivity contribution in [2.24, 2.45) is 0 Å². The molecule has 0 saturated carbocycles. The molecule has 1 aromatic heterocycles. The van der Waals surface area contributed by atoms with Crippen molar-refractivity contribution < 1.29 is 4.74 Å². The predicted molar refractivity (Wildman–Crippen MR) is 88.2 cm³/mol. The zero-order valence-corrected chi connectivity index (χ0v) is 13.9. The molecule has 1 N–H and O–H groups in total. The molecular weight excluding hydrogens is 262 g/mol. The summed E-state index contributed by atoms with van der Waals surface area (Å²) in [5.41, 5.74) is 2.26. The van der Waals surface area contributed by atoms with Crippen LogP contribution in [0.5, 0.6) is 0 Å². The fourth-order valence-corrected chi connectivity index (χ4v) is 1.94. The van der Waals surface area contributed by atoms with Crippen LogP contribution in [0.3, 0.4) is 0 Å². The van der Waals surface area contributed by atoms with Crippen LogP contribution in [-0.4, -0.2) is 42.2 Å². The van der Waals surface area contributed by atoms with Gasteiger partial charge in [-0.3, -0.25) is 9.88 Å². The van der Waals surface area contributed by atoms with E-state index >= 15 is 0 Å². The maximum Gasteiger partial charge on any atom is 0.0589 e. The second-order valence-corrected chi connectivity index (χ2v) is 6.24. The van der Waals surface area contributed by atoms with E-state index in [1.165, 1.54) is 0 Å². The quantitative estimate of drug-likeness (QED) is 0.710. The third-order valence-corrected chi connectivity index (χ3v) is 3.05. The van der Waals surface area contributed by atoms with Crippen LogP contribution in [0.25, 0.3) is 0 Å². The Morgan fingerprint density at radius 3 is 2.67 bits per heavy atom. The minimum Gasteiger partial charge on any atom is -0.383 e. The van der Waals surface area contributed by atoms with Gasteiger partial charge in [-0.15, -0.1) is 6.58 Å². The Kier molecular flexibility index (Phi) is 7.57. The smallest absolute Gasteiger partial charge is 0.0589 e. The van der Waals surface area contributed by atoms with Gasteiger partial charge in [0.15, 0.2) is 0 Å². The second kappa shape index (κ2) is 8.93. The third-order valence-electron chi connectivity index (χ3n) is 3.05. The summed E-state index contributed by atoms with van der Waals surface area (Å²) < 4.78 is 5.15. The van der Waals surface area contributed by atoms with E-state index in [1.807, 2.05) is 6.08 Å². The van der Waals surface area contributed by atoms with E-state index in [9.17, 15) is 0 Å². The highest BCUT2D eigenvalue weighted by atomic mass is 16.5. The van der Waals surface area contributed by atoms with Gasteiger partial charge in [0, 0.05) is 38.8 Å². The second-order valence-electron chi connectivity index (χ2n) is 6.24. The van der Waals surface area contributed by atoms with Crippen molar-refractivity contribution in [1.82, 2.24) is 15.2 Å². The molecule has 0 fully saturated rings. The predicted octanol–water partition coefficient (Wildman–Crippen LogP) is 2.60. The molecule has 0 bridgehead atoms. The summed E-state index contributed by atoms with van der Waals surface area (Å²) in [6.07, 6.45) is 1.92. The minimum atomic E-state index is 0.102. The minimum absolute atomic E-state index is 0.102. The Morgan fingerprint density at radius 2 is 2.05 bits per heavy atom. The molecule has 1 heterocycles. The molecule has 0 unspecified atom stereocenters. The molecule has 0 saturated heterocycles. The first-order valence-corrected chi connectivity index (χ1v) is 7.46. The molecule has 0 aliphatic heterocycles. The molecule has 0 aliphatic rings. The van der Waals surface area contributed by atoms with E-state index in [0.29, 0.717) is 0 Å². The summed E-state index contributed by atoms with van der Waals surface area (Å²) in [4.78, 5) is 7.00. The fourth-order valence-electron chi connectivity index (χ4n) is 1.94. The standard InChI is InChI=1S/C17H29N3O/c1-6-10-20(11-12-21-5)14-16-9-7-8-15(19-16)13-18-17(2,3)4/h6-9,18H,1,10-14H2,2-5H3. The van der Waals surface area contributed by atoms with Gasteiger partial charge in [-0.05, 0) is 32.9 Å². The fraction of sp³-hybridized carbons (Fsp3) is 0.588.